The monoisotopic (exact) mass is 356 g/mol. The summed E-state index contributed by atoms with van der Waals surface area (Å²) in [6.45, 7) is 3.39. The SMILES string of the molecule is NC(=O)[C@H]1CCO[C@@H]1C1CCN(Cc2cccc(Cl)c2Cl)CC1. The van der Waals surface area contributed by atoms with Crippen molar-refractivity contribution in [3.05, 3.63) is 33.8 Å². The minimum Gasteiger partial charge on any atom is -0.377 e. The number of primary amides is 1. The lowest BCUT2D eigenvalue weighted by Gasteiger charge is -2.35. The minimum absolute atomic E-state index is 0.00408. The zero-order chi connectivity index (χ0) is 16.4. The summed E-state index contributed by atoms with van der Waals surface area (Å²) in [6, 6.07) is 5.75. The fourth-order valence-electron chi connectivity index (χ4n) is 3.73. The van der Waals surface area contributed by atoms with Crippen molar-refractivity contribution in [3.63, 3.8) is 0 Å². The second kappa shape index (κ2) is 7.39. The molecule has 0 bridgehead atoms. The fraction of sp³-hybridized carbons (Fsp3) is 0.588. The summed E-state index contributed by atoms with van der Waals surface area (Å²) >= 11 is 12.3. The van der Waals surface area contributed by atoms with Gasteiger partial charge in [0.25, 0.3) is 0 Å². The van der Waals surface area contributed by atoms with Crippen LogP contribution in [-0.4, -0.2) is 36.6 Å². The molecule has 0 aliphatic carbocycles. The zero-order valence-corrected chi connectivity index (χ0v) is 14.5. The molecule has 23 heavy (non-hydrogen) atoms. The molecule has 2 heterocycles. The lowest BCUT2D eigenvalue weighted by molar-refractivity contribution is -0.124. The van der Waals surface area contributed by atoms with Crippen molar-refractivity contribution in [2.45, 2.75) is 31.9 Å². The number of nitrogens with two attached hydrogens (primary N) is 1. The van der Waals surface area contributed by atoms with Crippen molar-refractivity contribution in [2.75, 3.05) is 19.7 Å². The number of rotatable bonds is 4. The van der Waals surface area contributed by atoms with Crippen molar-refractivity contribution in [3.8, 4) is 0 Å². The standard InChI is InChI=1S/C17H22Cl2N2O2/c18-14-3-1-2-12(15(14)19)10-21-7-4-11(5-8-21)16-13(17(20)22)6-9-23-16/h1-3,11,13,16H,4-10H2,(H2,20,22)/t13-,16+/m0/s1. The predicted octanol–water partition coefficient (Wildman–Crippen LogP) is 3.10. The van der Waals surface area contributed by atoms with E-state index < -0.39 is 0 Å². The van der Waals surface area contributed by atoms with Gasteiger partial charge in [0, 0.05) is 13.2 Å². The Kier molecular flexibility index (Phi) is 5.47. The molecular formula is C17H22Cl2N2O2. The van der Waals surface area contributed by atoms with E-state index in [-0.39, 0.29) is 17.9 Å². The molecule has 0 spiro atoms. The number of carbonyl (C=O) groups is 1. The highest BCUT2D eigenvalue weighted by molar-refractivity contribution is 6.42. The van der Waals surface area contributed by atoms with Crippen LogP contribution in [0, 0.1) is 11.8 Å². The normalized spacial score (nSPS) is 26.5. The van der Waals surface area contributed by atoms with Crippen LogP contribution >= 0.6 is 23.2 Å². The molecule has 2 aliphatic heterocycles. The maximum atomic E-state index is 11.5. The summed E-state index contributed by atoms with van der Waals surface area (Å²) in [5.74, 6) is 0.0793. The van der Waals surface area contributed by atoms with Crippen LogP contribution in [0.2, 0.25) is 10.0 Å². The van der Waals surface area contributed by atoms with Crippen LogP contribution in [0.25, 0.3) is 0 Å². The van der Waals surface area contributed by atoms with Gasteiger partial charge in [-0.1, -0.05) is 35.3 Å². The topological polar surface area (TPSA) is 55.6 Å². The Morgan fingerprint density at radius 1 is 1.26 bits per heavy atom. The summed E-state index contributed by atoms with van der Waals surface area (Å²) in [4.78, 5) is 13.9. The molecule has 1 amide bonds. The summed E-state index contributed by atoms with van der Waals surface area (Å²) in [5, 5.41) is 1.24. The van der Waals surface area contributed by atoms with E-state index in [2.05, 4.69) is 4.90 Å². The van der Waals surface area contributed by atoms with Crippen LogP contribution < -0.4 is 5.73 Å². The lowest BCUT2D eigenvalue weighted by Crippen LogP contribution is -2.41. The number of likely N-dealkylation sites (tertiary alicyclic amines) is 1. The molecule has 2 aliphatic rings. The lowest BCUT2D eigenvalue weighted by atomic mass is 9.84. The van der Waals surface area contributed by atoms with Crippen molar-refractivity contribution in [1.29, 1.82) is 0 Å². The van der Waals surface area contributed by atoms with Crippen LogP contribution in [0.5, 0.6) is 0 Å². The Hall–Kier alpha value is -0.810. The fourth-order valence-corrected chi connectivity index (χ4v) is 4.11. The molecule has 3 rings (SSSR count). The van der Waals surface area contributed by atoms with E-state index in [4.69, 9.17) is 33.7 Å². The summed E-state index contributed by atoms with van der Waals surface area (Å²) < 4.78 is 5.80. The van der Waals surface area contributed by atoms with Gasteiger partial charge in [0.2, 0.25) is 5.91 Å². The van der Waals surface area contributed by atoms with E-state index in [0.717, 1.165) is 44.5 Å². The smallest absolute Gasteiger partial charge is 0.223 e. The molecule has 1 aromatic carbocycles. The van der Waals surface area contributed by atoms with Crippen LogP contribution in [0.1, 0.15) is 24.8 Å². The molecule has 2 fully saturated rings. The molecule has 0 radical (unpaired) electrons. The first-order valence-corrected chi connectivity index (χ1v) is 8.88. The van der Waals surface area contributed by atoms with Crippen LogP contribution in [0.4, 0.5) is 0 Å². The Morgan fingerprint density at radius 3 is 2.70 bits per heavy atom. The molecule has 2 atom stereocenters. The molecule has 2 N–H and O–H groups in total. The second-order valence-corrected chi connectivity index (χ2v) is 7.24. The first-order valence-electron chi connectivity index (χ1n) is 8.12. The molecule has 2 saturated heterocycles. The first kappa shape index (κ1) is 17.0. The number of benzene rings is 1. The highest BCUT2D eigenvalue weighted by Crippen LogP contribution is 2.34. The summed E-state index contributed by atoms with van der Waals surface area (Å²) in [7, 11) is 0. The number of amides is 1. The molecule has 4 nitrogen and oxygen atoms in total. The number of hydrogen-bond donors (Lipinski definition) is 1. The number of halogens is 2. The highest BCUT2D eigenvalue weighted by Gasteiger charge is 2.39. The number of ether oxygens (including phenoxy) is 1. The maximum Gasteiger partial charge on any atom is 0.223 e. The number of piperidine rings is 1. The molecule has 126 valence electrons. The molecule has 6 heteroatoms. The van der Waals surface area contributed by atoms with Gasteiger partial charge in [-0.15, -0.1) is 0 Å². The first-order chi connectivity index (χ1) is 11.1. The largest absolute Gasteiger partial charge is 0.377 e. The van der Waals surface area contributed by atoms with Crippen molar-refractivity contribution < 1.29 is 9.53 Å². The van der Waals surface area contributed by atoms with Gasteiger partial charge in [0.15, 0.2) is 0 Å². The highest BCUT2D eigenvalue weighted by atomic mass is 35.5. The molecule has 0 aromatic heterocycles. The zero-order valence-electron chi connectivity index (χ0n) is 13.0. The third-order valence-corrected chi connectivity index (χ3v) is 5.88. The van der Waals surface area contributed by atoms with E-state index in [1.54, 1.807) is 6.07 Å². The van der Waals surface area contributed by atoms with Gasteiger partial charge in [-0.25, -0.2) is 0 Å². The Balaban J connectivity index is 1.56. The van der Waals surface area contributed by atoms with Gasteiger partial charge < -0.3 is 10.5 Å². The van der Waals surface area contributed by atoms with Crippen LogP contribution in [-0.2, 0) is 16.1 Å². The number of hydrogen-bond acceptors (Lipinski definition) is 3. The van der Waals surface area contributed by atoms with E-state index in [0.29, 0.717) is 22.6 Å². The molecule has 1 aromatic rings. The second-order valence-electron chi connectivity index (χ2n) is 6.46. The van der Waals surface area contributed by atoms with Crippen LogP contribution in [0.15, 0.2) is 18.2 Å². The van der Waals surface area contributed by atoms with Crippen molar-refractivity contribution >= 4 is 29.1 Å². The van der Waals surface area contributed by atoms with Gasteiger partial charge in [0.1, 0.15) is 0 Å². The molecule has 0 unspecified atom stereocenters. The van der Waals surface area contributed by atoms with Gasteiger partial charge in [0.05, 0.1) is 22.1 Å². The van der Waals surface area contributed by atoms with Gasteiger partial charge in [-0.05, 0) is 49.9 Å². The van der Waals surface area contributed by atoms with Crippen LogP contribution in [0.3, 0.4) is 0 Å². The van der Waals surface area contributed by atoms with Gasteiger partial charge in [-0.3, -0.25) is 9.69 Å². The minimum atomic E-state index is -0.222. The third-order valence-electron chi connectivity index (χ3n) is 5.02. The van der Waals surface area contributed by atoms with E-state index in [1.807, 2.05) is 12.1 Å². The third kappa shape index (κ3) is 3.82. The van der Waals surface area contributed by atoms with E-state index in [1.165, 1.54) is 0 Å². The van der Waals surface area contributed by atoms with Crippen molar-refractivity contribution in [2.24, 2.45) is 17.6 Å². The summed E-state index contributed by atoms with van der Waals surface area (Å²) in [6.07, 6.45) is 2.81. The number of carbonyl (C=O) groups excluding carboxylic acids is 1. The molecule has 0 saturated carbocycles. The predicted molar refractivity (Wildman–Crippen MR) is 91.5 cm³/mol. The van der Waals surface area contributed by atoms with Gasteiger partial charge in [-0.2, -0.15) is 0 Å². The average Bonchev–Trinajstić information content (AvgIpc) is 3.02. The van der Waals surface area contributed by atoms with Gasteiger partial charge >= 0.3 is 0 Å². The average molecular weight is 357 g/mol. The Labute approximate surface area is 146 Å². The maximum absolute atomic E-state index is 11.5. The Bertz CT molecular complexity index is 574. The van der Waals surface area contributed by atoms with E-state index in [9.17, 15) is 4.79 Å². The Morgan fingerprint density at radius 2 is 2.00 bits per heavy atom. The van der Waals surface area contributed by atoms with Crippen molar-refractivity contribution in [1.82, 2.24) is 4.90 Å². The number of nitrogens with zero attached hydrogens (tertiary/aromatic N) is 1. The van der Waals surface area contributed by atoms with E-state index >= 15 is 0 Å². The summed E-state index contributed by atoms with van der Waals surface area (Å²) in [5.41, 5.74) is 6.56. The quantitative estimate of drug-likeness (QED) is 0.901. The molecular weight excluding hydrogens is 335 g/mol.